The molecule has 0 bridgehead atoms. The SMILES string of the molecule is CC(C)(C)c1ccc(C2=[N+]([O-])c3ccc(F)cc3C2=O)cc1. The zero-order valence-corrected chi connectivity index (χ0v) is 12.7. The monoisotopic (exact) mass is 297 g/mol. The van der Waals surface area contributed by atoms with Crippen molar-refractivity contribution in [1.29, 1.82) is 0 Å². The summed E-state index contributed by atoms with van der Waals surface area (Å²) in [5.74, 6) is -0.960. The van der Waals surface area contributed by atoms with Crippen LogP contribution in [0, 0.1) is 11.0 Å². The van der Waals surface area contributed by atoms with Gasteiger partial charge in [-0.05, 0) is 35.2 Å². The van der Waals surface area contributed by atoms with Crippen LogP contribution in [0.3, 0.4) is 0 Å². The van der Waals surface area contributed by atoms with Gasteiger partial charge in [-0.1, -0.05) is 32.9 Å². The number of fused-ring (bicyclic) bond motifs is 1. The van der Waals surface area contributed by atoms with E-state index in [0.717, 1.165) is 11.6 Å². The molecule has 0 aliphatic carbocycles. The zero-order valence-electron chi connectivity index (χ0n) is 12.7. The second-order valence-corrected chi connectivity index (χ2v) is 6.46. The lowest BCUT2D eigenvalue weighted by atomic mass is 9.86. The zero-order chi connectivity index (χ0) is 16.1. The maximum atomic E-state index is 13.3. The molecule has 0 amide bonds. The second-order valence-electron chi connectivity index (χ2n) is 6.46. The Morgan fingerprint density at radius 3 is 2.27 bits per heavy atom. The molecule has 4 heteroatoms. The van der Waals surface area contributed by atoms with Gasteiger partial charge in [0, 0.05) is 6.07 Å². The van der Waals surface area contributed by atoms with Crippen molar-refractivity contribution in [2.45, 2.75) is 26.2 Å². The average Bonchev–Trinajstić information content (AvgIpc) is 2.70. The smallest absolute Gasteiger partial charge is 0.272 e. The highest BCUT2D eigenvalue weighted by atomic mass is 19.1. The maximum Gasteiger partial charge on any atom is 0.272 e. The molecule has 0 saturated carbocycles. The molecule has 0 atom stereocenters. The van der Waals surface area contributed by atoms with Gasteiger partial charge in [-0.15, -0.1) is 0 Å². The summed E-state index contributed by atoms with van der Waals surface area (Å²) in [7, 11) is 0. The Labute approximate surface area is 128 Å². The summed E-state index contributed by atoms with van der Waals surface area (Å²) in [6.45, 7) is 6.28. The van der Waals surface area contributed by atoms with E-state index < -0.39 is 11.6 Å². The molecule has 2 aromatic carbocycles. The van der Waals surface area contributed by atoms with E-state index in [2.05, 4.69) is 20.8 Å². The number of benzene rings is 2. The van der Waals surface area contributed by atoms with Gasteiger partial charge in [-0.2, -0.15) is 4.74 Å². The predicted octanol–water partition coefficient (Wildman–Crippen LogP) is 3.95. The van der Waals surface area contributed by atoms with E-state index >= 15 is 0 Å². The van der Waals surface area contributed by atoms with Crippen LogP contribution in [0.15, 0.2) is 42.5 Å². The van der Waals surface area contributed by atoms with Gasteiger partial charge in [0.05, 0.1) is 5.56 Å². The van der Waals surface area contributed by atoms with Crippen LogP contribution in [0.2, 0.25) is 0 Å². The fourth-order valence-corrected chi connectivity index (χ4v) is 2.58. The molecular formula is C18H16FNO2. The first-order valence-electron chi connectivity index (χ1n) is 7.08. The number of hydrogen-bond donors (Lipinski definition) is 0. The Bertz CT molecular complexity index is 799. The molecule has 1 aliphatic rings. The summed E-state index contributed by atoms with van der Waals surface area (Å²) in [5, 5.41) is 12.3. The third-order valence-corrected chi connectivity index (χ3v) is 3.86. The molecule has 112 valence electrons. The standard InChI is InChI=1S/C18H16FNO2/c1-18(2,3)12-6-4-11(5-7-12)16-17(21)14-10-13(19)8-9-15(14)20(16)22/h4-10H,1-3H3. The lowest BCUT2D eigenvalue weighted by molar-refractivity contribution is -0.355. The number of halogens is 1. The van der Waals surface area contributed by atoms with E-state index in [1.54, 1.807) is 12.1 Å². The number of carbonyl (C=O) groups is 1. The van der Waals surface area contributed by atoms with Crippen LogP contribution in [0.4, 0.5) is 10.1 Å². The Morgan fingerprint density at radius 2 is 1.68 bits per heavy atom. The van der Waals surface area contributed by atoms with Crippen LogP contribution >= 0.6 is 0 Å². The number of rotatable bonds is 1. The Morgan fingerprint density at radius 1 is 1.05 bits per heavy atom. The Balaban J connectivity index is 2.07. The number of carbonyl (C=O) groups excluding carboxylic acids is 1. The van der Waals surface area contributed by atoms with E-state index in [9.17, 15) is 14.4 Å². The van der Waals surface area contributed by atoms with Gasteiger partial charge in [-0.3, -0.25) is 4.79 Å². The third-order valence-electron chi connectivity index (χ3n) is 3.86. The highest BCUT2D eigenvalue weighted by Crippen LogP contribution is 2.29. The van der Waals surface area contributed by atoms with Crippen LogP contribution < -0.4 is 0 Å². The van der Waals surface area contributed by atoms with Gasteiger partial charge in [0.25, 0.3) is 11.5 Å². The van der Waals surface area contributed by atoms with E-state index in [1.165, 1.54) is 12.1 Å². The first kappa shape index (κ1) is 14.4. The van der Waals surface area contributed by atoms with E-state index in [4.69, 9.17) is 0 Å². The van der Waals surface area contributed by atoms with Gasteiger partial charge < -0.3 is 5.21 Å². The van der Waals surface area contributed by atoms with Crippen molar-refractivity contribution in [1.82, 2.24) is 0 Å². The summed E-state index contributed by atoms with van der Waals surface area (Å²) in [6, 6.07) is 11.0. The number of Topliss-reactive ketones (excluding diaryl/α,β-unsaturated/α-hetero) is 1. The van der Waals surface area contributed by atoms with Crippen molar-refractivity contribution in [2.24, 2.45) is 0 Å². The highest BCUT2D eigenvalue weighted by molar-refractivity contribution is 6.52. The minimum absolute atomic E-state index is 0.00781. The van der Waals surface area contributed by atoms with Crippen LogP contribution in [0.5, 0.6) is 0 Å². The molecule has 2 aromatic rings. The molecule has 3 nitrogen and oxygen atoms in total. The fraction of sp³-hybridized carbons (Fsp3) is 0.222. The number of hydrogen-bond acceptors (Lipinski definition) is 2. The van der Waals surface area contributed by atoms with Crippen molar-refractivity contribution >= 4 is 17.2 Å². The van der Waals surface area contributed by atoms with E-state index in [0.29, 0.717) is 10.3 Å². The molecule has 22 heavy (non-hydrogen) atoms. The minimum Gasteiger partial charge on any atom is -0.618 e. The van der Waals surface area contributed by atoms with E-state index in [1.807, 2.05) is 12.1 Å². The highest BCUT2D eigenvalue weighted by Gasteiger charge is 2.36. The second kappa shape index (κ2) is 4.77. The molecule has 1 heterocycles. The number of nitrogens with zero attached hydrogens (tertiary/aromatic N) is 1. The predicted molar refractivity (Wildman–Crippen MR) is 83.3 cm³/mol. The molecule has 0 N–H and O–H groups in total. The van der Waals surface area contributed by atoms with Gasteiger partial charge in [0.2, 0.25) is 5.69 Å². The first-order chi connectivity index (χ1) is 10.3. The number of ketones is 1. The van der Waals surface area contributed by atoms with Gasteiger partial charge in [0.15, 0.2) is 0 Å². The van der Waals surface area contributed by atoms with Crippen LogP contribution in [-0.2, 0) is 5.41 Å². The minimum atomic E-state index is -0.523. The van der Waals surface area contributed by atoms with Crippen molar-refractivity contribution in [3.05, 3.63) is 70.2 Å². The summed E-state index contributed by atoms with van der Waals surface area (Å²) in [5.41, 5.74) is 2.01. The summed E-state index contributed by atoms with van der Waals surface area (Å²) in [6.07, 6.45) is 0. The van der Waals surface area contributed by atoms with Crippen molar-refractivity contribution in [2.75, 3.05) is 0 Å². The average molecular weight is 297 g/mol. The van der Waals surface area contributed by atoms with Crippen LogP contribution in [0.1, 0.15) is 42.3 Å². The van der Waals surface area contributed by atoms with E-state index in [-0.39, 0.29) is 22.4 Å². The van der Waals surface area contributed by atoms with Crippen molar-refractivity contribution < 1.29 is 13.9 Å². The molecule has 0 saturated heterocycles. The summed E-state index contributed by atoms with van der Waals surface area (Å²) >= 11 is 0. The van der Waals surface area contributed by atoms with Crippen LogP contribution in [0.25, 0.3) is 0 Å². The van der Waals surface area contributed by atoms with Gasteiger partial charge in [-0.25, -0.2) is 4.39 Å². The molecule has 0 fully saturated rings. The largest absolute Gasteiger partial charge is 0.618 e. The lowest BCUT2D eigenvalue weighted by Crippen LogP contribution is -2.17. The quantitative estimate of drug-likeness (QED) is 0.591. The molecule has 1 aliphatic heterocycles. The van der Waals surface area contributed by atoms with Gasteiger partial charge in [0.1, 0.15) is 11.4 Å². The van der Waals surface area contributed by atoms with Crippen molar-refractivity contribution in [3.63, 3.8) is 0 Å². The molecule has 0 radical (unpaired) electrons. The Hall–Kier alpha value is -2.49. The van der Waals surface area contributed by atoms with Crippen LogP contribution in [-0.4, -0.2) is 16.2 Å². The maximum absolute atomic E-state index is 13.3. The first-order valence-corrected chi connectivity index (χ1v) is 7.08. The summed E-state index contributed by atoms with van der Waals surface area (Å²) < 4.78 is 13.9. The molecular weight excluding hydrogens is 281 g/mol. The lowest BCUT2D eigenvalue weighted by Gasteiger charge is -2.18. The molecule has 3 rings (SSSR count). The normalized spacial score (nSPS) is 14.5. The third kappa shape index (κ3) is 2.21. The fourth-order valence-electron chi connectivity index (χ4n) is 2.58. The molecule has 0 aromatic heterocycles. The van der Waals surface area contributed by atoms with Gasteiger partial charge >= 0.3 is 0 Å². The summed E-state index contributed by atoms with van der Waals surface area (Å²) in [4.78, 5) is 12.4. The molecule has 0 unspecified atom stereocenters. The topological polar surface area (TPSA) is 43.1 Å². The van der Waals surface area contributed by atoms with Crippen molar-refractivity contribution in [3.8, 4) is 0 Å². The Kier molecular flexibility index (Phi) is 3.13. The molecule has 0 spiro atoms.